The molecule has 1 fully saturated rings. The molecule has 0 radical (unpaired) electrons. The summed E-state index contributed by atoms with van der Waals surface area (Å²) in [6, 6.07) is 0. The number of fused-ring (bicyclic) bond motifs is 1. The minimum Gasteiger partial charge on any atom is -0.321 e. The molecular weight excluding hydrogens is 136 g/mol. The fraction of sp³-hybridized carbons (Fsp3) is 0.778. The largest absolute Gasteiger partial charge is 0.321 e. The minimum absolute atomic E-state index is 0.0486. The molecule has 2 aliphatic rings. The number of allylic oxidation sites excluding steroid dienone is 1. The number of nitrogens with zero attached hydrogens (tertiary/aromatic N) is 1. The van der Waals surface area contributed by atoms with Crippen LogP contribution in [0.4, 0.5) is 0 Å². The molecule has 0 aromatic rings. The van der Waals surface area contributed by atoms with Gasteiger partial charge in [0.1, 0.15) is 0 Å². The van der Waals surface area contributed by atoms with Crippen molar-refractivity contribution in [2.24, 2.45) is 5.73 Å². The molecule has 2 nitrogen and oxygen atoms in total. The van der Waals surface area contributed by atoms with E-state index in [1.165, 1.54) is 24.8 Å². The normalized spacial score (nSPS) is 38.5. The van der Waals surface area contributed by atoms with Crippen LogP contribution in [0, 0.1) is 0 Å². The van der Waals surface area contributed by atoms with E-state index in [-0.39, 0.29) is 5.54 Å². The number of hydrogen-bond donors (Lipinski definition) is 1. The topological polar surface area (TPSA) is 29.3 Å². The van der Waals surface area contributed by atoms with Gasteiger partial charge in [-0.2, -0.15) is 0 Å². The van der Waals surface area contributed by atoms with Gasteiger partial charge in [0.15, 0.2) is 0 Å². The summed E-state index contributed by atoms with van der Waals surface area (Å²) in [6.45, 7) is 2.15. The molecule has 2 heteroatoms. The summed E-state index contributed by atoms with van der Waals surface area (Å²) in [5.41, 5.74) is 7.77. The molecule has 1 saturated heterocycles. The lowest BCUT2D eigenvalue weighted by atomic mass is 9.83. The van der Waals surface area contributed by atoms with Gasteiger partial charge in [-0.1, -0.05) is 6.08 Å². The van der Waals surface area contributed by atoms with Gasteiger partial charge >= 0.3 is 0 Å². The van der Waals surface area contributed by atoms with E-state index in [9.17, 15) is 0 Å². The Bertz CT molecular complexity index is 198. The number of rotatable bonds is 0. The Labute approximate surface area is 68.1 Å². The van der Waals surface area contributed by atoms with Crippen LogP contribution in [-0.2, 0) is 0 Å². The van der Waals surface area contributed by atoms with Crippen molar-refractivity contribution in [3.05, 3.63) is 11.6 Å². The Balaban J connectivity index is 2.26. The second kappa shape index (κ2) is 2.32. The van der Waals surface area contributed by atoms with Crippen molar-refractivity contribution < 1.29 is 0 Å². The lowest BCUT2D eigenvalue weighted by Crippen LogP contribution is -2.44. The predicted molar refractivity (Wildman–Crippen MR) is 46.3 cm³/mol. The molecule has 2 N–H and O–H groups in total. The van der Waals surface area contributed by atoms with Crippen molar-refractivity contribution in [1.29, 1.82) is 0 Å². The van der Waals surface area contributed by atoms with Gasteiger partial charge in [-0.05, 0) is 31.9 Å². The molecule has 0 amide bonds. The van der Waals surface area contributed by atoms with Gasteiger partial charge in [-0.15, -0.1) is 0 Å². The summed E-state index contributed by atoms with van der Waals surface area (Å²) in [6.07, 6.45) is 6.03. The molecule has 11 heavy (non-hydrogen) atoms. The molecule has 0 aromatic carbocycles. The summed E-state index contributed by atoms with van der Waals surface area (Å²) in [5.74, 6) is 0. The van der Waals surface area contributed by atoms with Crippen molar-refractivity contribution >= 4 is 0 Å². The van der Waals surface area contributed by atoms with Crippen LogP contribution >= 0.6 is 0 Å². The van der Waals surface area contributed by atoms with Crippen LogP contribution in [0.25, 0.3) is 0 Å². The maximum absolute atomic E-state index is 6.24. The summed E-state index contributed by atoms with van der Waals surface area (Å²) >= 11 is 0. The van der Waals surface area contributed by atoms with E-state index in [0.29, 0.717) is 0 Å². The fourth-order valence-electron chi connectivity index (χ4n) is 2.29. The van der Waals surface area contributed by atoms with Crippen LogP contribution < -0.4 is 5.73 Å². The van der Waals surface area contributed by atoms with Crippen molar-refractivity contribution in [3.8, 4) is 0 Å². The zero-order valence-corrected chi connectivity index (χ0v) is 7.14. The summed E-state index contributed by atoms with van der Waals surface area (Å²) < 4.78 is 0. The second-order valence-corrected chi connectivity index (χ2v) is 3.95. The predicted octanol–water partition coefficient (Wildman–Crippen LogP) is 0.740. The molecule has 1 aliphatic heterocycles. The molecule has 0 spiro atoms. The lowest BCUT2D eigenvalue weighted by molar-refractivity contribution is 0.353. The van der Waals surface area contributed by atoms with Gasteiger partial charge < -0.3 is 10.6 Å². The minimum atomic E-state index is 0.0486. The Morgan fingerprint density at radius 1 is 1.64 bits per heavy atom. The van der Waals surface area contributed by atoms with Gasteiger partial charge in [0.05, 0.1) is 5.54 Å². The Kier molecular flexibility index (Phi) is 1.55. The smallest absolute Gasteiger partial charge is 0.0510 e. The SMILES string of the molecule is CN1CC2=CCCC[C@@]2(N)C1. The standard InChI is InChI=1S/C9H16N2/c1-11-6-8-4-2-3-5-9(8,10)7-11/h4H,2-3,5-7,10H2,1H3/t9-/m1/s1. The Morgan fingerprint density at radius 3 is 3.18 bits per heavy atom. The zero-order chi connectivity index (χ0) is 7.90. The monoisotopic (exact) mass is 152 g/mol. The Hall–Kier alpha value is -0.340. The zero-order valence-electron chi connectivity index (χ0n) is 7.14. The third-order valence-corrected chi connectivity index (χ3v) is 2.85. The van der Waals surface area contributed by atoms with Gasteiger partial charge in [0.2, 0.25) is 0 Å². The summed E-state index contributed by atoms with van der Waals surface area (Å²) in [4.78, 5) is 2.32. The highest BCUT2D eigenvalue weighted by Crippen LogP contribution is 2.32. The molecule has 0 aromatic heterocycles. The van der Waals surface area contributed by atoms with E-state index in [1.807, 2.05) is 0 Å². The van der Waals surface area contributed by atoms with Crippen LogP contribution in [0.5, 0.6) is 0 Å². The molecule has 1 heterocycles. The lowest BCUT2D eigenvalue weighted by Gasteiger charge is -2.28. The maximum atomic E-state index is 6.24. The molecule has 2 rings (SSSR count). The van der Waals surface area contributed by atoms with Crippen LogP contribution in [0.15, 0.2) is 11.6 Å². The van der Waals surface area contributed by atoms with Gasteiger partial charge in [0.25, 0.3) is 0 Å². The molecule has 1 atom stereocenters. The molecule has 62 valence electrons. The average Bonchev–Trinajstić information content (AvgIpc) is 2.22. The van der Waals surface area contributed by atoms with E-state index in [4.69, 9.17) is 5.73 Å². The third-order valence-electron chi connectivity index (χ3n) is 2.85. The molecule has 0 unspecified atom stereocenters. The van der Waals surface area contributed by atoms with E-state index in [0.717, 1.165) is 13.1 Å². The van der Waals surface area contributed by atoms with Crippen molar-refractivity contribution in [3.63, 3.8) is 0 Å². The Morgan fingerprint density at radius 2 is 2.45 bits per heavy atom. The first kappa shape index (κ1) is 7.32. The van der Waals surface area contributed by atoms with Crippen LogP contribution in [-0.4, -0.2) is 30.6 Å². The highest BCUT2D eigenvalue weighted by molar-refractivity contribution is 5.28. The first-order chi connectivity index (χ1) is 5.21. The fourth-order valence-corrected chi connectivity index (χ4v) is 2.29. The second-order valence-electron chi connectivity index (χ2n) is 3.95. The molecule has 0 saturated carbocycles. The van der Waals surface area contributed by atoms with Crippen LogP contribution in [0.3, 0.4) is 0 Å². The van der Waals surface area contributed by atoms with Crippen LogP contribution in [0.2, 0.25) is 0 Å². The highest BCUT2D eigenvalue weighted by atomic mass is 15.2. The van der Waals surface area contributed by atoms with E-state index >= 15 is 0 Å². The summed E-state index contributed by atoms with van der Waals surface area (Å²) in [5, 5.41) is 0. The van der Waals surface area contributed by atoms with Gasteiger partial charge in [-0.25, -0.2) is 0 Å². The molecule has 1 aliphatic carbocycles. The molecule has 0 bridgehead atoms. The van der Waals surface area contributed by atoms with Crippen LogP contribution in [0.1, 0.15) is 19.3 Å². The number of likely N-dealkylation sites (N-methyl/N-ethyl adjacent to an activating group) is 1. The molecular formula is C9H16N2. The third kappa shape index (κ3) is 1.10. The number of nitrogens with two attached hydrogens (primary N) is 1. The van der Waals surface area contributed by atoms with Gasteiger partial charge in [-0.3, -0.25) is 0 Å². The van der Waals surface area contributed by atoms with Gasteiger partial charge in [0, 0.05) is 13.1 Å². The quantitative estimate of drug-likeness (QED) is 0.519. The first-order valence-electron chi connectivity index (χ1n) is 4.38. The first-order valence-corrected chi connectivity index (χ1v) is 4.38. The average molecular weight is 152 g/mol. The van der Waals surface area contributed by atoms with E-state index in [2.05, 4.69) is 18.0 Å². The van der Waals surface area contributed by atoms with E-state index in [1.54, 1.807) is 0 Å². The maximum Gasteiger partial charge on any atom is 0.0510 e. The number of hydrogen-bond acceptors (Lipinski definition) is 2. The van der Waals surface area contributed by atoms with Crippen molar-refractivity contribution in [2.75, 3.05) is 20.1 Å². The highest BCUT2D eigenvalue weighted by Gasteiger charge is 2.38. The van der Waals surface area contributed by atoms with Crippen molar-refractivity contribution in [2.45, 2.75) is 24.8 Å². The number of likely N-dealkylation sites (tertiary alicyclic amines) is 1. The van der Waals surface area contributed by atoms with Crippen molar-refractivity contribution in [1.82, 2.24) is 4.90 Å². The van der Waals surface area contributed by atoms with E-state index < -0.39 is 0 Å². The summed E-state index contributed by atoms with van der Waals surface area (Å²) in [7, 11) is 2.15.